The van der Waals surface area contributed by atoms with Gasteiger partial charge in [-0.1, -0.05) is 60.1 Å². The van der Waals surface area contributed by atoms with Gasteiger partial charge in [0, 0.05) is 16.8 Å². The summed E-state index contributed by atoms with van der Waals surface area (Å²) in [6, 6.07) is 22.5. The first-order valence-corrected chi connectivity index (χ1v) is 11.3. The Labute approximate surface area is 182 Å². The van der Waals surface area contributed by atoms with Gasteiger partial charge in [0.05, 0.1) is 5.02 Å². The molecule has 0 spiro atoms. The van der Waals surface area contributed by atoms with Gasteiger partial charge in [0.2, 0.25) is 0 Å². The van der Waals surface area contributed by atoms with Crippen molar-refractivity contribution in [3.05, 3.63) is 95.0 Å². The lowest BCUT2D eigenvalue weighted by molar-refractivity contribution is 0.0913. The number of hydrogen-bond donors (Lipinski definition) is 2. The molecule has 0 radical (unpaired) electrons. The van der Waals surface area contributed by atoms with Crippen molar-refractivity contribution in [1.82, 2.24) is 5.32 Å². The molecular formula is C23H23ClN2O3S. The number of carbonyl (C=O) groups is 1. The highest BCUT2D eigenvalue weighted by Gasteiger charge is 2.24. The van der Waals surface area contributed by atoms with Crippen molar-refractivity contribution in [3.8, 4) is 0 Å². The molecule has 0 atom stereocenters. The number of benzene rings is 3. The van der Waals surface area contributed by atoms with Crippen LogP contribution in [0.3, 0.4) is 0 Å². The third-order valence-corrected chi connectivity index (χ3v) is 6.31. The van der Waals surface area contributed by atoms with Gasteiger partial charge >= 0.3 is 0 Å². The van der Waals surface area contributed by atoms with Gasteiger partial charge < -0.3 is 5.32 Å². The Hall–Kier alpha value is -2.83. The molecule has 1 amide bonds. The van der Waals surface area contributed by atoms with E-state index >= 15 is 0 Å². The van der Waals surface area contributed by atoms with E-state index in [2.05, 4.69) is 10.0 Å². The zero-order valence-corrected chi connectivity index (χ0v) is 18.3. The number of amides is 1. The second-order valence-electron chi connectivity index (χ2n) is 7.62. The SMILES string of the molecule is CC(C)(Cc1ccccc1)NC(=O)c1ccc(Cl)c(S(=O)(=O)Nc2ccccc2)c1. The van der Waals surface area contributed by atoms with Crippen LogP contribution in [0.1, 0.15) is 29.8 Å². The average molecular weight is 443 g/mol. The zero-order valence-electron chi connectivity index (χ0n) is 16.7. The molecule has 0 unspecified atom stereocenters. The standard InChI is InChI=1S/C23H23ClN2O3S/c1-23(2,16-17-9-5-3-6-10-17)25-22(27)18-13-14-20(24)21(15-18)30(28,29)26-19-11-7-4-8-12-19/h3-15,26H,16H2,1-2H3,(H,25,27). The van der Waals surface area contributed by atoms with Gasteiger partial charge in [0.15, 0.2) is 0 Å². The second-order valence-corrected chi connectivity index (χ2v) is 9.68. The van der Waals surface area contributed by atoms with Crippen LogP contribution in [0.4, 0.5) is 5.69 Å². The number of hydrogen-bond acceptors (Lipinski definition) is 3. The maximum atomic E-state index is 12.8. The van der Waals surface area contributed by atoms with Gasteiger partial charge in [0.1, 0.15) is 4.90 Å². The van der Waals surface area contributed by atoms with Crippen LogP contribution >= 0.6 is 11.6 Å². The predicted molar refractivity (Wildman–Crippen MR) is 120 cm³/mol. The summed E-state index contributed by atoms with van der Waals surface area (Å²) in [5, 5.41) is 3.01. The summed E-state index contributed by atoms with van der Waals surface area (Å²) in [6.07, 6.45) is 0.633. The molecule has 7 heteroatoms. The molecule has 5 nitrogen and oxygen atoms in total. The van der Waals surface area contributed by atoms with E-state index in [0.29, 0.717) is 12.1 Å². The maximum absolute atomic E-state index is 12.8. The number of halogens is 1. The van der Waals surface area contributed by atoms with Gasteiger partial charge in [0.25, 0.3) is 15.9 Å². The molecule has 0 aliphatic carbocycles. The van der Waals surface area contributed by atoms with Crippen molar-refractivity contribution < 1.29 is 13.2 Å². The number of nitrogens with one attached hydrogen (secondary N) is 2. The lowest BCUT2D eigenvalue weighted by Crippen LogP contribution is -2.45. The number of anilines is 1. The van der Waals surface area contributed by atoms with Gasteiger partial charge in [-0.05, 0) is 56.2 Å². The number of sulfonamides is 1. The van der Waals surface area contributed by atoms with E-state index in [0.717, 1.165) is 5.56 Å². The van der Waals surface area contributed by atoms with E-state index in [1.807, 2.05) is 44.2 Å². The first-order valence-electron chi connectivity index (χ1n) is 9.40. The van der Waals surface area contributed by atoms with Crippen molar-refractivity contribution in [1.29, 1.82) is 0 Å². The van der Waals surface area contributed by atoms with Crippen molar-refractivity contribution in [3.63, 3.8) is 0 Å². The molecule has 0 bridgehead atoms. The van der Waals surface area contributed by atoms with E-state index in [9.17, 15) is 13.2 Å². The molecule has 156 valence electrons. The Morgan fingerprint density at radius 3 is 2.17 bits per heavy atom. The fourth-order valence-corrected chi connectivity index (χ4v) is 4.68. The lowest BCUT2D eigenvalue weighted by atomic mass is 9.94. The summed E-state index contributed by atoms with van der Waals surface area (Å²) >= 11 is 6.14. The quantitative estimate of drug-likeness (QED) is 0.546. The minimum atomic E-state index is -3.95. The van der Waals surface area contributed by atoms with Crippen molar-refractivity contribution in [2.75, 3.05) is 4.72 Å². The molecular weight excluding hydrogens is 420 g/mol. The molecule has 3 aromatic carbocycles. The fourth-order valence-electron chi connectivity index (χ4n) is 3.10. The van der Waals surface area contributed by atoms with Crippen molar-refractivity contribution >= 4 is 33.2 Å². The Kier molecular flexibility index (Phi) is 6.48. The molecule has 0 aromatic heterocycles. The molecule has 3 aromatic rings. The summed E-state index contributed by atoms with van der Waals surface area (Å²) in [4.78, 5) is 12.7. The molecule has 0 aliphatic rings. The van der Waals surface area contributed by atoms with Crippen LogP contribution in [0.15, 0.2) is 83.8 Å². The number of rotatable bonds is 7. The van der Waals surface area contributed by atoms with Gasteiger partial charge in [-0.15, -0.1) is 0 Å². The topological polar surface area (TPSA) is 75.3 Å². The van der Waals surface area contributed by atoms with E-state index in [1.54, 1.807) is 30.3 Å². The third kappa shape index (κ3) is 5.62. The fraction of sp³-hybridized carbons (Fsp3) is 0.174. The molecule has 0 saturated carbocycles. The number of para-hydroxylation sites is 1. The minimum Gasteiger partial charge on any atom is -0.347 e. The van der Waals surface area contributed by atoms with Crippen LogP contribution in [0, 0.1) is 0 Å². The maximum Gasteiger partial charge on any atom is 0.263 e. The molecule has 0 fully saturated rings. The van der Waals surface area contributed by atoms with Crippen molar-refractivity contribution in [2.24, 2.45) is 0 Å². The molecule has 2 N–H and O–H groups in total. The summed E-state index contributed by atoms with van der Waals surface area (Å²) in [7, 11) is -3.95. The van der Waals surface area contributed by atoms with E-state index in [4.69, 9.17) is 11.6 Å². The van der Waals surface area contributed by atoms with Crippen LogP contribution < -0.4 is 10.0 Å². The molecule has 0 heterocycles. The summed E-state index contributed by atoms with van der Waals surface area (Å²) in [6.45, 7) is 3.84. The van der Waals surface area contributed by atoms with E-state index in [-0.39, 0.29) is 21.4 Å². The molecule has 30 heavy (non-hydrogen) atoms. The summed E-state index contributed by atoms with van der Waals surface area (Å²) in [5.41, 5.74) is 1.19. The summed E-state index contributed by atoms with van der Waals surface area (Å²) < 4.78 is 28.1. The Morgan fingerprint density at radius 1 is 0.933 bits per heavy atom. The Morgan fingerprint density at radius 2 is 1.53 bits per heavy atom. The van der Waals surface area contributed by atoms with Crippen LogP contribution in [0.25, 0.3) is 0 Å². The van der Waals surface area contributed by atoms with Gasteiger partial charge in [-0.2, -0.15) is 0 Å². The first-order chi connectivity index (χ1) is 14.2. The molecule has 3 rings (SSSR count). The van der Waals surface area contributed by atoms with Crippen molar-refractivity contribution in [2.45, 2.75) is 30.7 Å². The highest BCUT2D eigenvalue weighted by atomic mass is 35.5. The van der Waals surface area contributed by atoms with Crippen LogP contribution in [-0.2, 0) is 16.4 Å². The normalized spacial score (nSPS) is 11.7. The average Bonchev–Trinajstić information content (AvgIpc) is 2.68. The number of carbonyl (C=O) groups excluding carboxylic acids is 1. The highest BCUT2D eigenvalue weighted by molar-refractivity contribution is 7.92. The minimum absolute atomic E-state index is 0.0403. The largest absolute Gasteiger partial charge is 0.347 e. The monoisotopic (exact) mass is 442 g/mol. The Balaban J connectivity index is 1.81. The van der Waals surface area contributed by atoms with Crippen LogP contribution in [-0.4, -0.2) is 19.9 Å². The first kappa shape index (κ1) is 21.9. The highest BCUT2D eigenvalue weighted by Crippen LogP contribution is 2.25. The molecule has 0 saturated heterocycles. The Bertz CT molecular complexity index is 1130. The summed E-state index contributed by atoms with van der Waals surface area (Å²) in [5.74, 6) is -0.372. The second kappa shape index (κ2) is 8.90. The van der Waals surface area contributed by atoms with Gasteiger partial charge in [-0.25, -0.2) is 8.42 Å². The van der Waals surface area contributed by atoms with E-state index < -0.39 is 15.6 Å². The lowest BCUT2D eigenvalue weighted by Gasteiger charge is -2.26. The third-order valence-electron chi connectivity index (χ3n) is 4.45. The smallest absolute Gasteiger partial charge is 0.263 e. The van der Waals surface area contributed by atoms with E-state index in [1.165, 1.54) is 18.2 Å². The van der Waals surface area contributed by atoms with Gasteiger partial charge in [-0.3, -0.25) is 9.52 Å². The van der Waals surface area contributed by atoms with Crippen LogP contribution in [0.2, 0.25) is 5.02 Å². The zero-order chi connectivity index (χ0) is 21.8. The predicted octanol–water partition coefficient (Wildman–Crippen LogP) is 4.89. The van der Waals surface area contributed by atoms with Crippen LogP contribution in [0.5, 0.6) is 0 Å². The molecule has 0 aliphatic heterocycles.